The number of quaternary nitrogens is 1. The highest BCUT2D eigenvalue weighted by Gasteiger charge is 2.27. The lowest BCUT2D eigenvalue weighted by atomic mass is 10.0. The molecule has 0 spiro atoms. The second-order valence-electron chi connectivity index (χ2n) is 2.53. The van der Waals surface area contributed by atoms with Crippen LogP contribution in [0.15, 0.2) is 0 Å². The number of rotatable bonds is 2. The molecule has 0 unspecified atom stereocenters. The van der Waals surface area contributed by atoms with Crippen LogP contribution >= 0.6 is 0 Å². The Labute approximate surface area is 53.3 Å². The average Bonchev–Trinajstić information content (AvgIpc) is 1.62. The maximum absolute atomic E-state index is 10.0. The molecule has 1 atom stereocenters. The Balaban J connectivity index is 4.04. The summed E-state index contributed by atoms with van der Waals surface area (Å²) in [4.78, 5) is 10.0. The normalized spacial score (nSPS) is 15.1. The highest BCUT2D eigenvalue weighted by Crippen LogP contribution is 2.02. The van der Waals surface area contributed by atoms with Crippen LogP contribution < -0.4 is 10.8 Å². The summed E-state index contributed by atoms with van der Waals surface area (Å²) in [5.41, 5.74) is 1.90. The van der Waals surface area contributed by atoms with Crippen LogP contribution in [0.3, 0.4) is 0 Å². The van der Waals surface area contributed by atoms with Gasteiger partial charge in [0.25, 0.3) is 0 Å². The standard InChI is InChI=1S/C5H11NO3/c1-5(2,9)3(6)4(7)8/h3,9H,6H2,1-2H3,(H,7,8)/t3-/m0/s1. The predicted molar refractivity (Wildman–Crippen MR) is 28.0 cm³/mol. The molecule has 0 aromatic rings. The van der Waals surface area contributed by atoms with Crippen molar-refractivity contribution in [1.29, 1.82) is 0 Å². The van der Waals surface area contributed by atoms with Crippen molar-refractivity contribution in [3.8, 4) is 0 Å². The van der Waals surface area contributed by atoms with E-state index in [0.717, 1.165) is 0 Å². The van der Waals surface area contributed by atoms with Crippen molar-refractivity contribution in [1.82, 2.24) is 0 Å². The molecule has 0 saturated heterocycles. The largest absolute Gasteiger partial charge is 0.544 e. The van der Waals surface area contributed by atoms with Crippen molar-refractivity contribution >= 4 is 5.97 Å². The van der Waals surface area contributed by atoms with E-state index in [2.05, 4.69) is 5.73 Å². The Bertz CT molecular complexity index is 116. The molecule has 54 valence electrons. The first kappa shape index (κ1) is 8.39. The fourth-order valence-corrected chi connectivity index (χ4v) is 0.288. The monoisotopic (exact) mass is 133 g/mol. The fraction of sp³-hybridized carbons (Fsp3) is 0.800. The lowest BCUT2D eigenvalue weighted by Crippen LogP contribution is -2.76. The topological polar surface area (TPSA) is 88.0 Å². The zero-order valence-electron chi connectivity index (χ0n) is 5.55. The summed E-state index contributed by atoms with van der Waals surface area (Å²) < 4.78 is 0. The number of aliphatic hydroxyl groups is 1. The number of carboxylic acids is 1. The smallest absolute Gasteiger partial charge is 0.153 e. The molecule has 0 aromatic carbocycles. The Morgan fingerprint density at radius 2 is 2.11 bits per heavy atom. The molecular formula is C5H11NO3. The molecule has 0 saturated carbocycles. The van der Waals surface area contributed by atoms with Gasteiger partial charge in [0.15, 0.2) is 6.04 Å². The van der Waals surface area contributed by atoms with Crippen molar-refractivity contribution < 1.29 is 20.7 Å². The van der Waals surface area contributed by atoms with Gasteiger partial charge in [-0.15, -0.1) is 0 Å². The second-order valence-corrected chi connectivity index (χ2v) is 2.53. The zero-order chi connectivity index (χ0) is 7.65. The van der Waals surface area contributed by atoms with Crippen molar-refractivity contribution in [3.05, 3.63) is 0 Å². The Kier molecular flexibility index (Phi) is 2.17. The van der Waals surface area contributed by atoms with Crippen LogP contribution in [0.5, 0.6) is 0 Å². The molecule has 0 aliphatic carbocycles. The van der Waals surface area contributed by atoms with E-state index < -0.39 is 17.6 Å². The first-order valence-corrected chi connectivity index (χ1v) is 2.62. The number of aliphatic carboxylic acids is 1. The van der Waals surface area contributed by atoms with Crippen LogP contribution in [0.1, 0.15) is 13.8 Å². The van der Waals surface area contributed by atoms with E-state index in [-0.39, 0.29) is 0 Å². The summed E-state index contributed by atoms with van der Waals surface area (Å²) in [7, 11) is 0. The molecule has 4 nitrogen and oxygen atoms in total. The van der Waals surface area contributed by atoms with Gasteiger partial charge in [0.1, 0.15) is 11.6 Å². The van der Waals surface area contributed by atoms with Gasteiger partial charge in [-0.2, -0.15) is 0 Å². The quantitative estimate of drug-likeness (QED) is 0.424. The molecule has 0 fully saturated rings. The molecule has 0 aromatic heterocycles. The van der Waals surface area contributed by atoms with Crippen molar-refractivity contribution in [2.45, 2.75) is 25.5 Å². The van der Waals surface area contributed by atoms with Crippen LogP contribution in [-0.4, -0.2) is 22.7 Å². The summed E-state index contributed by atoms with van der Waals surface area (Å²) in [5, 5.41) is 19.0. The third-order valence-electron chi connectivity index (χ3n) is 1.14. The highest BCUT2D eigenvalue weighted by atomic mass is 16.4. The minimum absolute atomic E-state index is 1.07. The molecule has 0 rings (SSSR count). The van der Waals surface area contributed by atoms with Crippen LogP contribution in [-0.2, 0) is 4.79 Å². The van der Waals surface area contributed by atoms with E-state index in [4.69, 9.17) is 5.11 Å². The number of hydrogen-bond acceptors (Lipinski definition) is 3. The van der Waals surface area contributed by atoms with E-state index in [1.165, 1.54) is 13.8 Å². The van der Waals surface area contributed by atoms with Gasteiger partial charge < -0.3 is 20.7 Å². The van der Waals surface area contributed by atoms with E-state index >= 15 is 0 Å². The molecular weight excluding hydrogens is 122 g/mol. The third-order valence-corrected chi connectivity index (χ3v) is 1.14. The zero-order valence-corrected chi connectivity index (χ0v) is 5.55. The number of carbonyl (C=O) groups is 1. The van der Waals surface area contributed by atoms with Gasteiger partial charge in [-0.3, -0.25) is 0 Å². The van der Waals surface area contributed by atoms with E-state index in [1.54, 1.807) is 0 Å². The minimum atomic E-state index is -1.33. The summed E-state index contributed by atoms with van der Waals surface area (Å²) in [6, 6.07) is -1.07. The molecule has 0 heterocycles. The molecule has 0 aliphatic rings. The number of carbonyl (C=O) groups excluding carboxylic acids is 1. The van der Waals surface area contributed by atoms with Gasteiger partial charge in [0, 0.05) is 0 Å². The highest BCUT2D eigenvalue weighted by molar-refractivity contribution is 5.70. The Morgan fingerprint density at radius 3 is 2.11 bits per heavy atom. The third kappa shape index (κ3) is 2.43. The maximum Gasteiger partial charge on any atom is 0.153 e. The molecule has 4 N–H and O–H groups in total. The van der Waals surface area contributed by atoms with Crippen molar-refractivity contribution in [2.75, 3.05) is 0 Å². The maximum atomic E-state index is 10.0. The van der Waals surface area contributed by atoms with E-state index in [9.17, 15) is 9.90 Å². The van der Waals surface area contributed by atoms with Crippen LogP contribution in [0, 0.1) is 0 Å². The van der Waals surface area contributed by atoms with Gasteiger partial charge in [-0.25, -0.2) is 0 Å². The predicted octanol–water partition coefficient (Wildman–Crippen LogP) is -2.88. The molecule has 0 aliphatic heterocycles. The Morgan fingerprint density at radius 1 is 1.78 bits per heavy atom. The average molecular weight is 133 g/mol. The van der Waals surface area contributed by atoms with Crippen LogP contribution in [0.25, 0.3) is 0 Å². The molecule has 0 bridgehead atoms. The number of hydrogen-bond donors (Lipinski definition) is 2. The summed E-state index contributed by atoms with van der Waals surface area (Å²) >= 11 is 0. The summed E-state index contributed by atoms with van der Waals surface area (Å²) in [6.07, 6.45) is 0. The summed E-state index contributed by atoms with van der Waals surface area (Å²) in [5.74, 6) is -1.33. The van der Waals surface area contributed by atoms with Gasteiger partial charge in [0.05, 0.1) is 0 Å². The molecule has 0 radical (unpaired) electrons. The number of carboxylic acid groups (broad SMARTS) is 1. The van der Waals surface area contributed by atoms with Gasteiger partial charge in [-0.1, -0.05) is 0 Å². The van der Waals surface area contributed by atoms with Gasteiger partial charge in [-0.05, 0) is 13.8 Å². The lowest BCUT2D eigenvalue weighted by molar-refractivity contribution is -0.461. The first-order chi connectivity index (χ1) is 3.85. The Hall–Kier alpha value is -0.610. The van der Waals surface area contributed by atoms with Crippen LogP contribution in [0.2, 0.25) is 0 Å². The van der Waals surface area contributed by atoms with Gasteiger partial charge in [0.2, 0.25) is 0 Å². The lowest BCUT2D eigenvalue weighted by Gasteiger charge is -2.22. The SMILES string of the molecule is CC(C)(O)[C@@H]([NH3+])C(=O)[O-]. The van der Waals surface area contributed by atoms with Crippen molar-refractivity contribution in [3.63, 3.8) is 0 Å². The molecule has 9 heavy (non-hydrogen) atoms. The second kappa shape index (κ2) is 2.33. The molecule has 0 amide bonds. The minimum Gasteiger partial charge on any atom is -0.544 e. The first-order valence-electron chi connectivity index (χ1n) is 2.62. The molecule has 4 heteroatoms. The fourth-order valence-electron chi connectivity index (χ4n) is 0.288. The van der Waals surface area contributed by atoms with E-state index in [0.29, 0.717) is 0 Å². The summed E-state index contributed by atoms with van der Waals surface area (Å²) in [6.45, 7) is 2.75. The van der Waals surface area contributed by atoms with Gasteiger partial charge >= 0.3 is 0 Å². The van der Waals surface area contributed by atoms with E-state index in [1.807, 2.05) is 0 Å². The van der Waals surface area contributed by atoms with Crippen molar-refractivity contribution in [2.24, 2.45) is 0 Å². The van der Waals surface area contributed by atoms with Crippen LogP contribution in [0.4, 0.5) is 0 Å².